The van der Waals surface area contributed by atoms with Crippen molar-refractivity contribution in [2.45, 2.75) is 25.7 Å². The van der Waals surface area contributed by atoms with Gasteiger partial charge in [0.2, 0.25) is 0 Å². The Balaban J connectivity index is 0.000000138. The Hall–Kier alpha value is -8.65. The Morgan fingerprint density at radius 2 is 0.556 bits per heavy atom. The number of rotatable bonds is 8. The Morgan fingerprint density at radius 1 is 0.278 bits per heavy atom. The molecule has 0 radical (unpaired) electrons. The number of benzene rings is 12. The van der Waals surface area contributed by atoms with Crippen LogP contribution in [0.25, 0.3) is 66.8 Å². The normalized spacial score (nSPS) is 11.6. The summed E-state index contributed by atoms with van der Waals surface area (Å²) in [6, 6.07) is 114. The van der Waals surface area contributed by atoms with Crippen LogP contribution in [0.15, 0.2) is 340 Å². The molecule has 0 bridgehead atoms. The summed E-state index contributed by atoms with van der Waals surface area (Å²) in [7, 11) is 0. The molecule has 4 aliphatic rings. The second kappa shape index (κ2) is 34.4. The van der Waals surface area contributed by atoms with Gasteiger partial charge in [0.15, 0.2) is 0 Å². The molecule has 0 aromatic heterocycles. The van der Waals surface area contributed by atoms with Crippen molar-refractivity contribution in [3.63, 3.8) is 0 Å². The van der Waals surface area contributed by atoms with Crippen molar-refractivity contribution in [1.29, 1.82) is 0 Å². The van der Waals surface area contributed by atoms with Crippen LogP contribution in [0.3, 0.4) is 0 Å². The standard InChI is InChI=1S/2C25H17.2C13H10.2C5H5.2ClH.2Ti/c2*1-3-7-18(8-4-1)20-11-13-24-22(15-20)17-23-16-21(12-14-25(23)24)19-9-5-2-6-10-19;2*1-3-7-12(8-4-1)11-13-9-5-2-6-10-13;2*1-2-4-5-3-1;;;;/h2*1-15H,17H2;2*1-10H;2*1-3H,4H2;2*1H;;/q2*-1;;;2*-1;;;2*+2/p-2. The van der Waals surface area contributed by atoms with Crippen LogP contribution in [0, 0.1) is 24.3 Å². The minimum Gasteiger partial charge on any atom is -0.143 e. The van der Waals surface area contributed by atoms with Gasteiger partial charge < -0.3 is 24.8 Å². The summed E-state index contributed by atoms with van der Waals surface area (Å²) >= 11 is 4.31. The van der Waals surface area contributed by atoms with E-state index in [9.17, 15) is 0 Å². The van der Waals surface area contributed by atoms with Crippen LogP contribution in [-0.4, -0.2) is 7.62 Å². The molecule has 0 nitrogen and oxygen atoms in total. The van der Waals surface area contributed by atoms with Gasteiger partial charge in [-0.15, -0.1) is 71.5 Å². The first-order valence-electron chi connectivity index (χ1n) is 29.9. The van der Waals surface area contributed by atoms with Crippen LogP contribution in [0.1, 0.15) is 57.3 Å². The van der Waals surface area contributed by atoms with E-state index in [2.05, 4.69) is 355 Å². The zero-order chi connectivity index (χ0) is 60.0. The molecule has 0 saturated heterocycles. The van der Waals surface area contributed by atoms with Gasteiger partial charge in [-0.1, -0.05) is 191 Å². The van der Waals surface area contributed by atoms with Crippen LogP contribution in [0.4, 0.5) is 0 Å². The predicted molar refractivity (Wildman–Crippen MR) is 364 cm³/mol. The molecule has 0 aliphatic heterocycles. The minimum absolute atomic E-state index is 0. The Bertz CT molecular complexity index is 3790. The molecule has 4 aliphatic carbocycles. The van der Waals surface area contributed by atoms with E-state index < -0.39 is 0 Å². The van der Waals surface area contributed by atoms with E-state index in [4.69, 9.17) is 0 Å². The number of hydrogen-bond acceptors (Lipinski definition) is 0. The van der Waals surface area contributed by atoms with E-state index in [1.165, 1.54) is 119 Å². The first-order chi connectivity index (χ1) is 43.5. The molecule has 12 aromatic carbocycles. The number of fused-ring (bicyclic) bond motifs is 6. The first kappa shape index (κ1) is 65.8. The maximum atomic E-state index is 3.65. The number of halogens is 2. The third-order valence-corrected chi connectivity index (χ3v) is 17.2. The summed E-state index contributed by atoms with van der Waals surface area (Å²) < 4.78 is 2.65. The van der Waals surface area contributed by atoms with Gasteiger partial charge in [-0.2, -0.15) is 12.2 Å². The molecule has 432 valence electrons. The van der Waals surface area contributed by atoms with Gasteiger partial charge in [0, 0.05) is 0 Å². The van der Waals surface area contributed by atoms with Crippen LogP contribution >= 0.6 is 0 Å². The quantitative estimate of drug-likeness (QED) is 0.105. The van der Waals surface area contributed by atoms with Crippen molar-refractivity contribution in [1.82, 2.24) is 0 Å². The molecule has 0 heterocycles. The van der Waals surface area contributed by atoms with Gasteiger partial charge in [0.1, 0.15) is 0 Å². The summed E-state index contributed by atoms with van der Waals surface area (Å²) in [4.78, 5) is 0. The van der Waals surface area contributed by atoms with E-state index in [-0.39, 0.29) is 24.8 Å². The molecule has 0 saturated carbocycles. The summed E-state index contributed by atoms with van der Waals surface area (Å²) in [5.74, 6) is 0. The SMILES string of the molecule is [C-]1=CC=CC1.[C-]1=CC=CC1.[Cl-].[Cl-].[Ti+2]=[C](c1ccccc1)c1ccccc1.[Ti+2]=[C](c1ccccc1)c1ccccc1.[c-]1c(-c2ccccc2)ccc2c1Cc1cc(-c3ccccc3)ccc1-2.[c-]1c(-c2ccccc2)ccc2c1Cc1cc(-c3ccccc3)ccc1-2. The van der Waals surface area contributed by atoms with Crippen molar-refractivity contribution in [2.75, 3.05) is 0 Å². The maximum Gasteiger partial charge on any atom is -0.0181 e. The fourth-order valence-corrected chi connectivity index (χ4v) is 11.9. The molecule has 0 spiro atoms. The molecule has 12 aromatic rings. The molecule has 0 fully saturated rings. The average Bonchev–Trinajstić information content (AvgIpc) is 1.67. The Labute approximate surface area is 568 Å². The van der Waals surface area contributed by atoms with Crippen molar-refractivity contribution < 1.29 is 64.8 Å². The molecular weight excluding hydrogens is 1200 g/mol. The topological polar surface area (TPSA) is 0 Å². The summed E-state index contributed by atoms with van der Waals surface area (Å²) in [6.07, 6.45) is 21.9. The van der Waals surface area contributed by atoms with Crippen molar-refractivity contribution in [3.8, 4) is 66.8 Å². The summed E-state index contributed by atoms with van der Waals surface area (Å²) in [5.41, 5.74) is 25.9. The minimum atomic E-state index is 0. The largest absolute Gasteiger partial charge is 0.143 e. The average molecular weight is 1260 g/mol. The van der Waals surface area contributed by atoms with Gasteiger partial charge in [0.05, 0.1) is 0 Å². The Kier molecular flexibility index (Phi) is 25.1. The van der Waals surface area contributed by atoms with E-state index in [0.717, 1.165) is 25.7 Å². The van der Waals surface area contributed by atoms with Gasteiger partial charge in [-0.05, 0) is 46.2 Å². The monoisotopic (exact) mass is 1260 g/mol. The third-order valence-electron chi connectivity index (χ3n) is 15.4. The van der Waals surface area contributed by atoms with Gasteiger partial charge in [0.25, 0.3) is 0 Å². The first-order valence-corrected chi connectivity index (χ1v) is 31.5. The second-order valence-corrected chi connectivity index (χ2v) is 22.9. The molecular formula is C86H64Cl2Ti2-2. The molecule has 0 amide bonds. The molecule has 90 heavy (non-hydrogen) atoms. The Morgan fingerprint density at radius 3 is 0.822 bits per heavy atom. The third kappa shape index (κ3) is 17.8. The number of hydrogen-bond donors (Lipinski definition) is 0. The summed E-state index contributed by atoms with van der Waals surface area (Å²) in [5, 5.41) is 0. The maximum absolute atomic E-state index is 3.65. The smallest absolute Gasteiger partial charge is 0.0181 e. The zero-order valence-corrected chi connectivity index (χ0v) is 54.6. The van der Waals surface area contributed by atoms with E-state index >= 15 is 0 Å². The van der Waals surface area contributed by atoms with Gasteiger partial charge >= 0.3 is 191 Å². The molecule has 0 atom stereocenters. The molecule has 0 unspecified atom stereocenters. The van der Waals surface area contributed by atoms with Crippen molar-refractivity contribution in [2.24, 2.45) is 0 Å². The van der Waals surface area contributed by atoms with Crippen LogP contribution < -0.4 is 24.8 Å². The summed E-state index contributed by atoms with van der Waals surface area (Å²) in [6.45, 7) is 0. The fourth-order valence-electron chi connectivity index (χ4n) is 10.9. The number of allylic oxidation sites excluding steroid dienone is 8. The van der Waals surface area contributed by atoms with E-state index in [1.54, 1.807) is 0 Å². The molecule has 0 N–H and O–H groups in total. The van der Waals surface area contributed by atoms with Gasteiger partial charge in [-0.25, -0.2) is 24.3 Å². The second-order valence-electron chi connectivity index (χ2n) is 21.3. The van der Waals surface area contributed by atoms with E-state index in [1.807, 2.05) is 48.6 Å². The van der Waals surface area contributed by atoms with Crippen molar-refractivity contribution in [3.05, 3.63) is 409 Å². The van der Waals surface area contributed by atoms with Crippen LogP contribution in [0.2, 0.25) is 0 Å². The zero-order valence-electron chi connectivity index (χ0n) is 49.9. The van der Waals surface area contributed by atoms with Crippen LogP contribution in [-0.2, 0) is 52.8 Å². The molecule has 16 rings (SSSR count). The van der Waals surface area contributed by atoms with Crippen molar-refractivity contribution >= 4 is 7.62 Å². The predicted octanol–water partition coefficient (Wildman–Crippen LogP) is 15.0. The van der Waals surface area contributed by atoms with Gasteiger partial charge in [-0.3, -0.25) is 12.2 Å². The molecule has 4 heteroatoms. The van der Waals surface area contributed by atoms with E-state index in [0.29, 0.717) is 0 Å². The fraction of sp³-hybridized carbons (Fsp3) is 0.0465. The van der Waals surface area contributed by atoms with Crippen LogP contribution in [0.5, 0.6) is 0 Å².